The molecule has 3 heterocycles. The summed E-state index contributed by atoms with van der Waals surface area (Å²) in [6.45, 7) is 4.98. The van der Waals surface area contributed by atoms with Crippen molar-refractivity contribution in [2.75, 3.05) is 10.6 Å². The molecule has 2 aromatic heterocycles. The number of rotatable bonds is 4. The van der Waals surface area contributed by atoms with E-state index in [1.165, 1.54) is 18.5 Å². The summed E-state index contributed by atoms with van der Waals surface area (Å²) in [7, 11) is 0. The largest absolute Gasteiger partial charge is 0.352 e. The standard InChI is InChI=1S/C13H18ClN7/c1-8(2)15-12-17-11(14)18-13(19-12)16-10-7-9-5-3-4-6-21(9)20-10/h7-8H,3-6H2,1-2H3,(H2,15,16,17,18,19,20). The average Bonchev–Trinajstić information content (AvgIpc) is 2.78. The molecule has 0 spiro atoms. The Hall–Kier alpha value is -1.89. The van der Waals surface area contributed by atoms with Crippen molar-refractivity contribution < 1.29 is 0 Å². The zero-order valence-corrected chi connectivity index (χ0v) is 12.9. The van der Waals surface area contributed by atoms with Crippen molar-refractivity contribution in [2.24, 2.45) is 0 Å². The van der Waals surface area contributed by atoms with Crippen LogP contribution in [0.25, 0.3) is 0 Å². The van der Waals surface area contributed by atoms with Gasteiger partial charge >= 0.3 is 0 Å². The first-order valence-corrected chi connectivity index (χ1v) is 7.50. The second-order valence-electron chi connectivity index (χ2n) is 5.38. The first-order chi connectivity index (χ1) is 10.1. The van der Waals surface area contributed by atoms with Crippen LogP contribution >= 0.6 is 11.6 Å². The van der Waals surface area contributed by atoms with E-state index in [0.717, 1.165) is 18.8 Å². The van der Waals surface area contributed by atoms with Crippen LogP contribution in [0.2, 0.25) is 5.28 Å². The number of nitrogens with zero attached hydrogens (tertiary/aromatic N) is 5. The van der Waals surface area contributed by atoms with E-state index in [-0.39, 0.29) is 11.3 Å². The van der Waals surface area contributed by atoms with E-state index in [0.29, 0.717) is 11.9 Å². The molecule has 1 aliphatic heterocycles. The Morgan fingerprint density at radius 3 is 2.76 bits per heavy atom. The fraction of sp³-hybridized carbons (Fsp3) is 0.538. The summed E-state index contributed by atoms with van der Waals surface area (Å²) in [4.78, 5) is 12.4. The SMILES string of the molecule is CC(C)Nc1nc(Cl)nc(Nc2cc3n(n2)CCCC3)n1. The summed E-state index contributed by atoms with van der Waals surface area (Å²) >= 11 is 5.93. The van der Waals surface area contributed by atoms with Gasteiger partial charge in [0.2, 0.25) is 17.2 Å². The molecule has 0 amide bonds. The lowest BCUT2D eigenvalue weighted by Crippen LogP contribution is -2.14. The van der Waals surface area contributed by atoms with Crippen LogP contribution < -0.4 is 10.6 Å². The lowest BCUT2D eigenvalue weighted by Gasteiger charge is -2.11. The molecule has 2 N–H and O–H groups in total. The molecule has 0 bridgehead atoms. The quantitative estimate of drug-likeness (QED) is 0.904. The molecule has 0 atom stereocenters. The zero-order valence-electron chi connectivity index (χ0n) is 12.1. The molecular formula is C13H18ClN7. The highest BCUT2D eigenvalue weighted by Gasteiger charge is 2.13. The number of halogens is 1. The number of hydrogen-bond donors (Lipinski definition) is 2. The molecule has 3 rings (SSSR count). The minimum atomic E-state index is 0.152. The smallest absolute Gasteiger partial charge is 0.234 e. The maximum Gasteiger partial charge on any atom is 0.234 e. The minimum absolute atomic E-state index is 0.152. The predicted octanol–water partition coefficient (Wildman–Crippen LogP) is 2.62. The Bertz CT molecular complexity index is 614. The Morgan fingerprint density at radius 1 is 1.19 bits per heavy atom. The van der Waals surface area contributed by atoms with Gasteiger partial charge in [-0.3, -0.25) is 4.68 Å². The number of aromatic nitrogens is 5. The third-order valence-electron chi connectivity index (χ3n) is 3.18. The summed E-state index contributed by atoms with van der Waals surface area (Å²) < 4.78 is 2.03. The molecule has 0 saturated heterocycles. The zero-order chi connectivity index (χ0) is 14.8. The van der Waals surface area contributed by atoms with Crippen molar-refractivity contribution in [3.8, 4) is 0 Å². The van der Waals surface area contributed by atoms with E-state index in [2.05, 4.69) is 30.7 Å². The summed E-state index contributed by atoms with van der Waals surface area (Å²) in [5, 5.41) is 10.9. The van der Waals surface area contributed by atoms with Crippen LogP contribution in [0.15, 0.2) is 6.07 Å². The molecule has 0 aliphatic carbocycles. The van der Waals surface area contributed by atoms with Crippen LogP contribution in [0.4, 0.5) is 17.7 Å². The molecule has 21 heavy (non-hydrogen) atoms. The van der Waals surface area contributed by atoms with Crippen LogP contribution in [0.3, 0.4) is 0 Å². The molecule has 7 nitrogen and oxygen atoms in total. The second-order valence-corrected chi connectivity index (χ2v) is 5.71. The lowest BCUT2D eigenvalue weighted by atomic mass is 10.1. The first kappa shape index (κ1) is 14.1. The van der Waals surface area contributed by atoms with Crippen LogP contribution in [0, 0.1) is 0 Å². The van der Waals surface area contributed by atoms with Crippen molar-refractivity contribution in [3.63, 3.8) is 0 Å². The highest BCUT2D eigenvalue weighted by molar-refractivity contribution is 6.28. The van der Waals surface area contributed by atoms with Gasteiger partial charge in [-0.2, -0.15) is 20.1 Å². The average molecular weight is 308 g/mol. The van der Waals surface area contributed by atoms with Gasteiger partial charge in [-0.05, 0) is 44.7 Å². The normalized spacial score (nSPS) is 14.1. The van der Waals surface area contributed by atoms with Gasteiger partial charge in [0.25, 0.3) is 0 Å². The fourth-order valence-corrected chi connectivity index (χ4v) is 2.48. The Balaban J connectivity index is 1.80. The number of fused-ring (bicyclic) bond motifs is 1. The van der Waals surface area contributed by atoms with E-state index in [1.807, 2.05) is 24.6 Å². The van der Waals surface area contributed by atoms with Gasteiger partial charge in [-0.1, -0.05) is 0 Å². The number of anilines is 3. The number of aryl methyl sites for hydroxylation is 2. The maximum atomic E-state index is 5.93. The van der Waals surface area contributed by atoms with Crippen molar-refractivity contribution in [1.29, 1.82) is 0 Å². The molecule has 0 unspecified atom stereocenters. The summed E-state index contributed by atoms with van der Waals surface area (Å²) in [5.41, 5.74) is 1.24. The molecule has 0 radical (unpaired) electrons. The van der Waals surface area contributed by atoms with E-state index in [1.54, 1.807) is 0 Å². The molecule has 2 aromatic rings. The maximum absolute atomic E-state index is 5.93. The third-order valence-corrected chi connectivity index (χ3v) is 3.35. The second kappa shape index (κ2) is 5.85. The molecule has 0 aromatic carbocycles. The van der Waals surface area contributed by atoms with Crippen LogP contribution in [0.1, 0.15) is 32.4 Å². The van der Waals surface area contributed by atoms with Crippen molar-refractivity contribution in [3.05, 3.63) is 17.0 Å². The topological polar surface area (TPSA) is 80.5 Å². The van der Waals surface area contributed by atoms with E-state index in [4.69, 9.17) is 11.6 Å². The van der Waals surface area contributed by atoms with Crippen molar-refractivity contribution in [1.82, 2.24) is 24.7 Å². The highest BCUT2D eigenvalue weighted by Crippen LogP contribution is 2.20. The van der Waals surface area contributed by atoms with Crippen molar-refractivity contribution in [2.45, 2.75) is 45.7 Å². The van der Waals surface area contributed by atoms with Gasteiger partial charge in [-0.25, -0.2) is 0 Å². The molecule has 1 aliphatic rings. The predicted molar refractivity (Wildman–Crippen MR) is 82.0 cm³/mol. The highest BCUT2D eigenvalue weighted by atomic mass is 35.5. The Morgan fingerprint density at radius 2 is 2.00 bits per heavy atom. The molecule has 0 saturated carbocycles. The van der Waals surface area contributed by atoms with Gasteiger partial charge in [0.1, 0.15) is 0 Å². The van der Waals surface area contributed by atoms with Crippen LogP contribution in [-0.4, -0.2) is 30.8 Å². The summed E-state index contributed by atoms with van der Waals surface area (Å²) in [6, 6.07) is 2.25. The fourth-order valence-electron chi connectivity index (χ4n) is 2.32. The lowest BCUT2D eigenvalue weighted by molar-refractivity contribution is 0.487. The van der Waals surface area contributed by atoms with E-state index >= 15 is 0 Å². The van der Waals surface area contributed by atoms with Crippen LogP contribution in [-0.2, 0) is 13.0 Å². The van der Waals surface area contributed by atoms with Crippen molar-refractivity contribution >= 4 is 29.3 Å². The summed E-state index contributed by atoms with van der Waals surface area (Å²) in [5.74, 6) is 1.59. The monoisotopic (exact) mass is 307 g/mol. The van der Waals surface area contributed by atoms with E-state index in [9.17, 15) is 0 Å². The van der Waals surface area contributed by atoms with Gasteiger partial charge in [0, 0.05) is 24.3 Å². The van der Waals surface area contributed by atoms with Gasteiger partial charge < -0.3 is 10.6 Å². The van der Waals surface area contributed by atoms with Crippen LogP contribution in [0.5, 0.6) is 0 Å². The number of nitrogens with one attached hydrogen (secondary N) is 2. The van der Waals surface area contributed by atoms with Gasteiger partial charge in [0.15, 0.2) is 5.82 Å². The molecule has 112 valence electrons. The Kier molecular flexibility index (Phi) is 3.92. The van der Waals surface area contributed by atoms with Gasteiger partial charge in [-0.15, -0.1) is 0 Å². The molecule has 8 heteroatoms. The number of hydrogen-bond acceptors (Lipinski definition) is 6. The summed E-state index contributed by atoms with van der Waals surface area (Å²) in [6.07, 6.45) is 3.45. The first-order valence-electron chi connectivity index (χ1n) is 7.12. The molecular weight excluding hydrogens is 290 g/mol. The van der Waals surface area contributed by atoms with E-state index < -0.39 is 0 Å². The third kappa shape index (κ3) is 3.41. The van der Waals surface area contributed by atoms with Gasteiger partial charge in [0.05, 0.1) is 0 Å². The molecule has 0 fully saturated rings. The minimum Gasteiger partial charge on any atom is -0.352 e. The Labute approximate surface area is 128 Å².